The van der Waals surface area contributed by atoms with Crippen molar-refractivity contribution < 1.29 is 4.39 Å². The van der Waals surface area contributed by atoms with Gasteiger partial charge in [-0.05, 0) is 24.6 Å². The molecule has 92 valence electrons. The fraction of sp³-hybridized carbons (Fsp3) is 0.273. The van der Waals surface area contributed by atoms with E-state index >= 15 is 0 Å². The number of amidine groups is 1. The minimum absolute atomic E-state index is 0. The van der Waals surface area contributed by atoms with Gasteiger partial charge in [0, 0.05) is 12.3 Å². The van der Waals surface area contributed by atoms with Crippen molar-refractivity contribution >= 4 is 35.0 Å². The highest BCUT2D eigenvalue weighted by Crippen LogP contribution is 2.14. The summed E-state index contributed by atoms with van der Waals surface area (Å²) in [5, 5.41) is 12.1. The molecule has 1 aromatic carbocycles. The van der Waals surface area contributed by atoms with Crippen LogP contribution in [0.25, 0.3) is 0 Å². The van der Waals surface area contributed by atoms with Crippen molar-refractivity contribution in [3.63, 3.8) is 0 Å². The summed E-state index contributed by atoms with van der Waals surface area (Å²) >= 11 is 1.61. The van der Waals surface area contributed by atoms with Crippen LogP contribution in [-0.2, 0) is 0 Å². The maximum atomic E-state index is 12.7. The molecule has 0 spiro atoms. The van der Waals surface area contributed by atoms with Crippen LogP contribution >= 0.6 is 24.2 Å². The zero-order chi connectivity index (χ0) is 11.4. The lowest BCUT2D eigenvalue weighted by Crippen LogP contribution is -2.23. The van der Waals surface area contributed by atoms with Gasteiger partial charge in [0.2, 0.25) is 0 Å². The standard InChI is InChI=1S/C11H12FN3S.ClH/c1-2-13-11-15-14-10(7-16-11)8-3-5-9(12)6-4-8;/h3-6H,2,7H2,1H3,(H,13,15);1H. The fourth-order valence-electron chi connectivity index (χ4n) is 1.32. The highest BCUT2D eigenvalue weighted by molar-refractivity contribution is 8.14. The Balaban J connectivity index is 0.00000144. The molecule has 0 aliphatic carbocycles. The first kappa shape index (κ1) is 14.0. The van der Waals surface area contributed by atoms with E-state index in [1.54, 1.807) is 23.9 Å². The molecule has 1 aliphatic heterocycles. The number of thioether (sulfide) groups is 1. The molecule has 0 saturated heterocycles. The largest absolute Gasteiger partial charge is 0.363 e. The van der Waals surface area contributed by atoms with Crippen LogP contribution in [0.15, 0.2) is 34.5 Å². The third kappa shape index (κ3) is 3.71. The Bertz CT molecular complexity index is 431. The van der Waals surface area contributed by atoms with Gasteiger partial charge in [0.05, 0.1) is 5.71 Å². The van der Waals surface area contributed by atoms with Gasteiger partial charge in [-0.15, -0.1) is 17.5 Å². The van der Waals surface area contributed by atoms with E-state index in [1.165, 1.54) is 12.1 Å². The van der Waals surface area contributed by atoms with Crippen molar-refractivity contribution in [2.24, 2.45) is 10.2 Å². The second-order valence-electron chi connectivity index (χ2n) is 3.28. The Morgan fingerprint density at radius 3 is 2.53 bits per heavy atom. The highest BCUT2D eigenvalue weighted by atomic mass is 35.5. The first-order chi connectivity index (χ1) is 7.79. The lowest BCUT2D eigenvalue weighted by molar-refractivity contribution is 0.628. The van der Waals surface area contributed by atoms with E-state index in [0.717, 1.165) is 28.7 Å². The lowest BCUT2D eigenvalue weighted by atomic mass is 10.1. The fourth-order valence-corrected chi connectivity index (χ4v) is 2.16. The van der Waals surface area contributed by atoms with E-state index in [1.807, 2.05) is 6.92 Å². The molecule has 1 heterocycles. The molecule has 1 aromatic rings. The molecule has 6 heteroatoms. The first-order valence-electron chi connectivity index (χ1n) is 5.06. The topological polar surface area (TPSA) is 36.8 Å². The number of benzene rings is 1. The van der Waals surface area contributed by atoms with E-state index in [-0.39, 0.29) is 18.2 Å². The van der Waals surface area contributed by atoms with Crippen molar-refractivity contribution in [1.29, 1.82) is 0 Å². The average Bonchev–Trinajstić information content (AvgIpc) is 2.32. The smallest absolute Gasteiger partial charge is 0.183 e. The molecular formula is C11H13ClFN3S. The molecule has 0 fully saturated rings. The highest BCUT2D eigenvalue weighted by Gasteiger charge is 2.11. The Morgan fingerprint density at radius 1 is 1.29 bits per heavy atom. The summed E-state index contributed by atoms with van der Waals surface area (Å²) in [4.78, 5) is 0. The molecule has 0 saturated carbocycles. The minimum atomic E-state index is -0.232. The maximum absolute atomic E-state index is 12.7. The van der Waals surface area contributed by atoms with Gasteiger partial charge in [-0.2, -0.15) is 5.10 Å². The van der Waals surface area contributed by atoms with Gasteiger partial charge in [-0.25, -0.2) is 4.39 Å². The predicted octanol–water partition coefficient (Wildman–Crippen LogP) is 2.66. The summed E-state index contributed by atoms with van der Waals surface area (Å²) in [6, 6.07) is 6.32. The van der Waals surface area contributed by atoms with Crippen molar-refractivity contribution in [3.8, 4) is 0 Å². The monoisotopic (exact) mass is 273 g/mol. The van der Waals surface area contributed by atoms with Gasteiger partial charge in [-0.3, -0.25) is 0 Å². The summed E-state index contributed by atoms with van der Waals surface area (Å²) < 4.78 is 12.7. The predicted molar refractivity (Wildman–Crippen MR) is 73.8 cm³/mol. The van der Waals surface area contributed by atoms with Gasteiger partial charge in [0.25, 0.3) is 0 Å². The van der Waals surface area contributed by atoms with Crippen LogP contribution in [0.2, 0.25) is 0 Å². The first-order valence-corrected chi connectivity index (χ1v) is 6.05. The molecule has 3 nitrogen and oxygen atoms in total. The molecule has 0 radical (unpaired) electrons. The Morgan fingerprint density at radius 2 is 2.00 bits per heavy atom. The minimum Gasteiger partial charge on any atom is -0.363 e. The summed E-state index contributed by atoms with van der Waals surface area (Å²) in [7, 11) is 0. The summed E-state index contributed by atoms with van der Waals surface area (Å²) in [6.45, 7) is 2.86. The number of hydrogen-bond acceptors (Lipinski definition) is 4. The molecule has 0 unspecified atom stereocenters. The lowest BCUT2D eigenvalue weighted by Gasteiger charge is -2.12. The van der Waals surface area contributed by atoms with Gasteiger partial charge < -0.3 is 5.32 Å². The van der Waals surface area contributed by atoms with E-state index in [9.17, 15) is 4.39 Å². The van der Waals surface area contributed by atoms with Crippen molar-refractivity contribution in [3.05, 3.63) is 35.6 Å². The van der Waals surface area contributed by atoms with Crippen LogP contribution < -0.4 is 5.32 Å². The van der Waals surface area contributed by atoms with E-state index in [4.69, 9.17) is 0 Å². The molecule has 17 heavy (non-hydrogen) atoms. The molecule has 1 N–H and O–H groups in total. The number of halogens is 2. The van der Waals surface area contributed by atoms with Crippen LogP contribution in [0.1, 0.15) is 12.5 Å². The van der Waals surface area contributed by atoms with Crippen LogP contribution in [0.4, 0.5) is 4.39 Å². The molecule has 0 aromatic heterocycles. The normalized spacial score (nSPS) is 14.5. The van der Waals surface area contributed by atoms with E-state index in [2.05, 4.69) is 15.5 Å². The third-order valence-electron chi connectivity index (χ3n) is 2.11. The molecule has 2 rings (SSSR count). The Kier molecular flexibility index (Phi) is 5.44. The van der Waals surface area contributed by atoms with Crippen LogP contribution in [-0.4, -0.2) is 23.2 Å². The van der Waals surface area contributed by atoms with E-state index in [0.29, 0.717) is 0 Å². The van der Waals surface area contributed by atoms with Crippen LogP contribution in [0.5, 0.6) is 0 Å². The summed E-state index contributed by atoms with van der Waals surface area (Å²) in [6.07, 6.45) is 0. The summed E-state index contributed by atoms with van der Waals surface area (Å²) in [5.41, 5.74) is 1.81. The van der Waals surface area contributed by atoms with Crippen molar-refractivity contribution in [1.82, 2.24) is 5.32 Å². The number of rotatable bonds is 2. The number of hydrogen-bond donors (Lipinski definition) is 1. The third-order valence-corrected chi connectivity index (χ3v) is 3.03. The molecule has 1 aliphatic rings. The Hall–Kier alpha value is -1.07. The second-order valence-corrected chi connectivity index (χ2v) is 4.24. The number of nitrogens with zero attached hydrogens (tertiary/aromatic N) is 2. The average molecular weight is 274 g/mol. The van der Waals surface area contributed by atoms with Gasteiger partial charge in [0.15, 0.2) is 5.17 Å². The summed E-state index contributed by atoms with van der Waals surface area (Å²) in [5.74, 6) is 0.530. The van der Waals surface area contributed by atoms with Gasteiger partial charge in [0.1, 0.15) is 5.82 Å². The molecule has 0 atom stereocenters. The zero-order valence-corrected chi connectivity index (χ0v) is 10.9. The molecular weight excluding hydrogens is 261 g/mol. The quantitative estimate of drug-likeness (QED) is 0.899. The number of nitrogens with one attached hydrogen (secondary N) is 1. The maximum Gasteiger partial charge on any atom is 0.183 e. The van der Waals surface area contributed by atoms with E-state index < -0.39 is 0 Å². The molecule has 0 bridgehead atoms. The van der Waals surface area contributed by atoms with Gasteiger partial charge >= 0.3 is 0 Å². The zero-order valence-electron chi connectivity index (χ0n) is 9.31. The molecule has 0 amide bonds. The van der Waals surface area contributed by atoms with Crippen molar-refractivity contribution in [2.45, 2.75) is 6.92 Å². The Labute approximate surface area is 110 Å². The van der Waals surface area contributed by atoms with Gasteiger partial charge in [-0.1, -0.05) is 23.9 Å². The second kappa shape index (κ2) is 6.61. The van der Waals surface area contributed by atoms with Crippen molar-refractivity contribution in [2.75, 3.05) is 12.3 Å². The SMILES string of the molecule is CCNC1=NN=C(c2ccc(F)cc2)CS1.Cl. The van der Waals surface area contributed by atoms with Crippen LogP contribution in [0, 0.1) is 5.82 Å². The van der Waals surface area contributed by atoms with Crippen LogP contribution in [0.3, 0.4) is 0 Å².